The van der Waals surface area contributed by atoms with E-state index in [1.54, 1.807) is 4.68 Å². The van der Waals surface area contributed by atoms with Crippen LogP contribution in [0.3, 0.4) is 0 Å². The lowest BCUT2D eigenvalue weighted by Gasteiger charge is -2.02. The van der Waals surface area contributed by atoms with E-state index < -0.39 is 0 Å². The van der Waals surface area contributed by atoms with Gasteiger partial charge in [-0.15, -0.1) is 0 Å². The molecule has 0 aliphatic carbocycles. The molecule has 3 nitrogen and oxygen atoms in total. The lowest BCUT2D eigenvalue weighted by Crippen LogP contribution is -1.93. The van der Waals surface area contributed by atoms with Crippen molar-refractivity contribution in [1.82, 2.24) is 14.8 Å². The van der Waals surface area contributed by atoms with Gasteiger partial charge in [0, 0.05) is 12.6 Å². The van der Waals surface area contributed by atoms with Gasteiger partial charge in [-0.1, -0.05) is 23.2 Å². The number of pyridine rings is 1. The Hall–Kier alpha value is -0.800. The maximum atomic E-state index is 6.17. The van der Waals surface area contributed by atoms with Gasteiger partial charge in [0.15, 0.2) is 5.65 Å². The first-order valence-corrected chi connectivity index (χ1v) is 4.93. The minimum atomic E-state index is 0.436. The Morgan fingerprint density at radius 2 is 1.86 bits per heavy atom. The maximum Gasteiger partial charge on any atom is 0.161 e. The quantitative estimate of drug-likeness (QED) is 0.651. The third-order valence-corrected chi connectivity index (χ3v) is 3.09. The molecule has 0 fully saturated rings. The normalized spacial score (nSPS) is 11.2. The second kappa shape index (κ2) is 3.11. The number of fused-ring (bicyclic) bond motifs is 1. The molecule has 2 aromatic rings. The lowest BCUT2D eigenvalue weighted by atomic mass is 10.2. The van der Waals surface area contributed by atoms with Crippen molar-refractivity contribution in [2.24, 2.45) is 7.05 Å². The molecule has 0 N–H and O–H groups in total. The average molecular weight is 230 g/mol. The van der Waals surface area contributed by atoms with Crippen molar-refractivity contribution in [2.45, 2.75) is 13.8 Å². The van der Waals surface area contributed by atoms with Gasteiger partial charge in [0.05, 0.1) is 16.1 Å². The van der Waals surface area contributed by atoms with Crippen LogP contribution in [-0.4, -0.2) is 14.8 Å². The first kappa shape index (κ1) is 9.74. The zero-order valence-corrected chi connectivity index (χ0v) is 9.61. The van der Waals surface area contributed by atoms with E-state index in [-0.39, 0.29) is 0 Å². The number of hydrogen-bond acceptors (Lipinski definition) is 2. The summed E-state index contributed by atoms with van der Waals surface area (Å²) in [5.74, 6) is 0. The minimum Gasteiger partial charge on any atom is -0.250 e. The van der Waals surface area contributed by atoms with E-state index in [9.17, 15) is 0 Å². The van der Waals surface area contributed by atoms with Crippen molar-refractivity contribution in [3.8, 4) is 0 Å². The molecule has 14 heavy (non-hydrogen) atoms. The van der Waals surface area contributed by atoms with Gasteiger partial charge in [0.1, 0.15) is 5.15 Å². The van der Waals surface area contributed by atoms with Crippen molar-refractivity contribution in [1.29, 1.82) is 0 Å². The van der Waals surface area contributed by atoms with Crippen molar-refractivity contribution < 1.29 is 0 Å². The van der Waals surface area contributed by atoms with E-state index >= 15 is 0 Å². The molecule has 0 atom stereocenters. The number of halogens is 2. The Labute approximate surface area is 91.6 Å². The smallest absolute Gasteiger partial charge is 0.161 e. The zero-order chi connectivity index (χ0) is 10.5. The molecule has 0 amide bonds. The Morgan fingerprint density at radius 1 is 1.21 bits per heavy atom. The Kier molecular flexibility index (Phi) is 2.16. The van der Waals surface area contributed by atoms with Crippen LogP contribution in [0.1, 0.15) is 11.3 Å². The van der Waals surface area contributed by atoms with Crippen LogP contribution in [-0.2, 0) is 7.05 Å². The van der Waals surface area contributed by atoms with Crippen molar-refractivity contribution in [2.75, 3.05) is 0 Å². The summed E-state index contributed by atoms with van der Waals surface area (Å²) in [4.78, 5) is 4.24. The van der Waals surface area contributed by atoms with E-state index in [0.29, 0.717) is 10.2 Å². The summed E-state index contributed by atoms with van der Waals surface area (Å²) in [7, 11) is 1.82. The molecule has 0 aliphatic heterocycles. The highest BCUT2D eigenvalue weighted by atomic mass is 35.5. The van der Waals surface area contributed by atoms with E-state index in [0.717, 1.165) is 22.3 Å². The summed E-state index contributed by atoms with van der Waals surface area (Å²) >= 11 is 12.1. The van der Waals surface area contributed by atoms with Gasteiger partial charge in [-0.2, -0.15) is 5.10 Å². The summed E-state index contributed by atoms with van der Waals surface area (Å²) in [6.45, 7) is 3.76. The number of nitrogens with zero attached hydrogens (tertiary/aromatic N) is 3. The maximum absolute atomic E-state index is 6.17. The van der Waals surface area contributed by atoms with E-state index in [4.69, 9.17) is 23.2 Å². The van der Waals surface area contributed by atoms with Crippen molar-refractivity contribution in [3.05, 3.63) is 21.4 Å². The largest absolute Gasteiger partial charge is 0.250 e. The predicted octanol–water partition coefficient (Wildman–Crippen LogP) is 2.89. The second-order valence-corrected chi connectivity index (χ2v) is 3.99. The molecule has 0 aliphatic rings. The summed E-state index contributed by atoms with van der Waals surface area (Å²) in [6.07, 6.45) is 0. The molecular weight excluding hydrogens is 221 g/mol. The molecule has 2 heterocycles. The molecule has 0 saturated heterocycles. The molecule has 2 aromatic heterocycles. The monoisotopic (exact) mass is 229 g/mol. The molecule has 0 spiro atoms. The summed E-state index contributed by atoms with van der Waals surface area (Å²) in [5, 5.41) is 6.21. The van der Waals surface area contributed by atoms with Crippen LogP contribution in [0.2, 0.25) is 10.2 Å². The van der Waals surface area contributed by atoms with Crippen LogP contribution in [0, 0.1) is 13.8 Å². The molecule has 2 rings (SSSR count). The van der Waals surface area contributed by atoms with Gasteiger partial charge >= 0.3 is 0 Å². The van der Waals surface area contributed by atoms with Crippen molar-refractivity contribution in [3.63, 3.8) is 0 Å². The van der Waals surface area contributed by atoms with Crippen molar-refractivity contribution >= 4 is 34.2 Å². The number of aromatic nitrogens is 3. The highest BCUT2D eigenvalue weighted by molar-refractivity contribution is 6.39. The van der Waals surface area contributed by atoms with Crippen LogP contribution >= 0.6 is 23.2 Å². The highest BCUT2D eigenvalue weighted by Crippen LogP contribution is 2.31. The summed E-state index contributed by atoms with van der Waals surface area (Å²) < 4.78 is 1.68. The zero-order valence-electron chi connectivity index (χ0n) is 8.10. The Balaban J connectivity index is 3.01. The molecule has 0 saturated carbocycles. The first-order valence-electron chi connectivity index (χ1n) is 4.17. The molecule has 0 bridgehead atoms. The summed E-state index contributed by atoms with van der Waals surface area (Å²) in [6, 6.07) is 0. The highest BCUT2D eigenvalue weighted by Gasteiger charge is 2.14. The first-order chi connectivity index (χ1) is 6.52. The number of rotatable bonds is 0. The van der Waals surface area contributed by atoms with E-state index in [1.807, 2.05) is 20.9 Å². The number of aryl methyl sites for hydroxylation is 2. The molecule has 5 heteroatoms. The van der Waals surface area contributed by atoms with E-state index in [2.05, 4.69) is 10.1 Å². The standard InChI is InChI=1S/C9H9Cl2N3/c1-4-7(10)6-5(2)13-14(3)9(6)12-8(4)11/h1-3H3. The lowest BCUT2D eigenvalue weighted by molar-refractivity contribution is 0.774. The van der Waals surface area contributed by atoms with Gasteiger partial charge in [0.2, 0.25) is 0 Å². The third-order valence-electron chi connectivity index (χ3n) is 2.25. The Morgan fingerprint density at radius 3 is 2.50 bits per heavy atom. The van der Waals surface area contributed by atoms with Crippen LogP contribution in [0.5, 0.6) is 0 Å². The van der Waals surface area contributed by atoms with Gasteiger partial charge in [-0.3, -0.25) is 4.68 Å². The fourth-order valence-electron chi connectivity index (χ4n) is 1.49. The van der Waals surface area contributed by atoms with Gasteiger partial charge in [0.25, 0.3) is 0 Å². The third kappa shape index (κ3) is 1.20. The van der Waals surface area contributed by atoms with Gasteiger partial charge in [-0.25, -0.2) is 4.98 Å². The number of hydrogen-bond donors (Lipinski definition) is 0. The minimum absolute atomic E-state index is 0.436. The van der Waals surface area contributed by atoms with Gasteiger partial charge < -0.3 is 0 Å². The van der Waals surface area contributed by atoms with Gasteiger partial charge in [-0.05, 0) is 13.8 Å². The molecule has 0 unspecified atom stereocenters. The van der Waals surface area contributed by atoms with Crippen LogP contribution in [0.15, 0.2) is 0 Å². The Bertz CT molecular complexity index is 516. The topological polar surface area (TPSA) is 30.7 Å². The fourth-order valence-corrected chi connectivity index (χ4v) is 2.02. The molecule has 0 radical (unpaired) electrons. The van der Waals surface area contributed by atoms with Crippen LogP contribution < -0.4 is 0 Å². The molecule has 0 aromatic carbocycles. The average Bonchev–Trinajstić information content (AvgIpc) is 2.38. The molecular formula is C9H9Cl2N3. The predicted molar refractivity (Wildman–Crippen MR) is 58.0 cm³/mol. The van der Waals surface area contributed by atoms with Crippen LogP contribution in [0.25, 0.3) is 11.0 Å². The van der Waals surface area contributed by atoms with E-state index in [1.165, 1.54) is 0 Å². The fraction of sp³-hybridized carbons (Fsp3) is 0.333. The second-order valence-electron chi connectivity index (χ2n) is 3.25. The summed E-state index contributed by atoms with van der Waals surface area (Å²) in [5.41, 5.74) is 2.40. The SMILES string of the molecule is Cc1c(Cl)nc2c(c(C)nn2C)c1Cl. The van der Waals surface area contributed by atoms with Crippen LogP contribution in [0.4, 0.5) is 0 Å². The molecule has 74 valence electrons.